The largest absolute Gasteiger partial charge is 0.476 e. The summed E-state index contributed by atoms with van der Waals surface area (Å²) in [6.07, 6.45) is 1.71. The number of benzene rings is 2. The minimum Gasteiger partial charge on any atom is -0.476 e. The van der Waals surface area contributed by atoms with Crippen molar-refractivity contribution < 1.29 is 14.6 Å². The Morgan fingerprint density at radius 1 is 1.00 bits per heavy atom. The smallest absolute Gasteiger partial charge is 0.276 e. The molecule has 0 fully saturated rings. The van der Waals surface area contributed by atoms with E-state index in [0.717, 1.165) is 22.8 Å². The van der Waals surface area contributed by atoms with Crippen molar-refractivity contribution in [3.05, 3.63) is 92.1 Å². The van der Waals surface area contributed by atoms with Crippen molar-refractivity contribution in [3.63, 3.8) is 0 Å². The van der Waals surface area contributed by atoms with E-state index < -0.39 is 9.85 Å². The fourth-order valence-electron chi connectivity index (χ4n) is 3.56. The van der Waals surface area contributed by atoms with Gasteiger partial charge in [-0.3, -0.25) is 25.1 Å². The number of pyridine rings is 1. The Morgan fingerprint density at radius 2 is 1.70 bits per heavy atom. The summed E-state index contributed by atoms with van der Waals surface area (Å²) >= 11 is 0. The van der Waals surface area contributed by atoms with Crippen LogP contribution < -0.4 is 4.74 Å². The SMILES string of the molecule is O=[N+]([O-])c1cc(CN2CCOc3nccc(-c4ccccc4)c3C2)cc([N+](=O)[O-])c1. The molecule has 0 spiro atoms. The lowest BCUT2D eigenvalue weighted by molar-refractivity contribution is -0.394. The second-order valence-corrected chi connectivity index (χ2v) is 6.94. The van der Waals surface area contributed by atoms with E-state index in [0.29, 0.717) is 37.7 Å². The zero-order valence-corrected chi connectivity index (χ0v) is 15.9. The Kier molecular flexibility index (Phi) is 5.36. The second-order valence-electron chi connectivity index (χ2n) is 6.94. The number of non-ortho nitro benzene ring substituents is 2. The van der Waals surface area contributed by atoms with Crippen LogP contribution in [-0.2, 0) is 13.1 Å². The lowest BCUT2D eigenvalue weighted by Gasteiger charge is -2.20. The number of nitrogens with zero attached hydrogens (tertiary/aromatic N) is 4. The van der Waals surface area contributed by atoms with E-state index in [9.17, 15) is 20.2 Å². The van der Waals surface area contributed by atoms with E-state index in [2.05, 4.69) is 4.98 Å². The Labute approximate surface area is 171 Å². The van der Waals surface area contributed by atoms with Gasteiger partial charge in [0.15, 0.2) is 0 Å². The maximum absolute atomic E-state index is 11.2. The average molecular weight is 406 g/mol. The van der Waals surface area contributed by atoms with Crippen LogP contribution >= 0.6 is 0 Å². The van der Waals surface area contributed by atoms with E-state index >= 15 is 0 Å². The van der Waals surface area contributed by atoms with Crippen LogP contribution in [0.1, 0.15) is 11.1 Å². The number of ether oxygens (including phenoxy) is 1. The Morgan fingerprint density at radius 3 is 2.37 bits per heavy atom. The summed E-state index contributed by atoms with van der Waals surface area (Å²) in [5, 5.41) is 22.4. The number of rotatable bonds is 5. The molecule has 0 bridgehead atoms. The molecule has 0 saturated carbocycles. The average Bonchev–Trinajstić information content (AvgIpc) is 2.95. The van der Waals surface area contributed by atoms with Gasteiger partial charge in [0.2, 0.25) is 5.88 Å². The Hall–Kier alpha value is -3.85. The predicted octanol–water partition coefficient (Wildman–Crippen LogP) is 3.96. The van der Waals surface area contributed by atoms with E-state index in [1.165, 1.54) is 12.1 Å². The first-order valence-electron chi connectivity index (χ1n) is 9.32. The number of aromatic nitrogens is 1. The highest BCUT2D eigenvalue weighted by atomic mass is 16.6. The quantitative estimate of drug-likeness (QED) is 0.466. The van der Waals surface area contributed by atoms with Gasteiger partial charge in [0, 0.05) is 43.5 Å². The molecule has 9 nitrogen and oxygen atoms in total. The summed E-state index contributed by atoms with van der Waals surface area (Å²) in [6.45, 7) is 1.77. The van der Waals surface area contributed by atoms with E-state index in [-0.39, 0.29) is 11.4 Å². The van der Waals surface area contributed by atoms with Gasteiger partial charge in [-0.15, -0.1) is 0 Å². The van der Waals surface area contributed by atoms with E-state index in [4.69, 9.17) is 4.74 Å². The molecule has 0 N–H and O–H groups in total. The monoisotopic (exact) mass is 406 g/mol. The molecule has 30 heavy (non-hydrogen) atoms. The Bertz CT molecular complexity index is 1070. The minimum absolute atomic E-state index is 0.294. The number of nitro benzene ring substituents is 2. The van der Waals surface area contributed by atoms with Crippen LogP contribution in [0.4, 0.5) is 11.4 Å². The topological polar surface area (TPSA) is 112 Å². The highest BCUT2D eigenvalue weighted by Crippen LogP contribution is 2.32. The molecule has 1 aliphatic rings. The zero-order chi connectivity index (χ0) is 21.1. The van der Waals surface area contributed by atoms with Gasteiger partial charge in [0.25, 0.3) is 11.4 Å². The van der Waals surface area contributed by atoms with E-state index in [1.807, 2.05) is 41.3 Å². The van der Waals surface area contributed by atoms with Gasteiger partial charge in [-0.05, 0) is 22.8 Å². The predicted molar refractivity (Wildman–Crippen MR) is 109 cm³/mol. The fraction of sp³-hybridized carbons (Fsp3) is 0.190. The molecule has 2 heterocycles. The normalized spacial score (nSPS) is 13.7. The molecule has 3 aromatic rings. The van der Waals surface area contributed by atoms with Gasteiger partial charge in [0.05, 0.1) is 15.9 Å². The summed E-state index contributed by atoms with van der Waals surface area (Å²) in [4.78, 5) is 27.5. The summed E-state index contributed by atoms with van der Waals surface area (Å²) in [7, 11) is 0. The third-order valence-electron chi connectivity index (χ3n) is 4.92. The molecule has 0 atom stereocenters. The number of hydrogen-bond donors (Lipinski definition) is 0. The summed E-state index contributed by atoms with van der Waals surface area (Å²) < 4.78 is 5.83. The Balaban J connectivity index is 1.66. The highest BCUT2D eigenvalue weighted by Gasteiger charge is 2.22. The van der Waals surface area contributed by atoms with Crippen molar-refractivity contribution in [2.45, 2.75) is 13.1 Å². The van der Waals surface area contributed by atoms with Crippen molar-refractivity contribution >= 4 is 11.4 Å². The van der Waals surface area contributed by atoms with Crippen molar-refractivity contribution in [3.8, 4) is 17.0 Å². The molecule has 2 aromatic carbocycles. The molecular formula is C21H18N4O5. The van der Waals surface area contributed by atoms with Crippen LogP contribution in [0.25, 0.3) is 11.1 Å². The van der Waals surface area contributed by atoms with Crippen molar-refractivity contribution in [2.24, 2.45) is 0 Å². The van der Waals surface area contributed by atoms with Crippen LogP contribution in [0.3, 0.4) is 0 Å². The standard InChI is InChI=1S/C21H18N4O5/c26-24(27)17-10-15(11-18(12-17)25(28)29)13-23-8-9-30-21-20(14-23)19(6-7-22-21)16-4-2-1-3-5-16/h1-7,10-12H,8-9,13-14H2. The van der Waals surface area contributed by atoms with Gasteiger partial charge >= 0.3 is 0 Å². The van der Waals surface area contributed by atoms with Crippen LogP contribution in [-0.4, -0.2) is 32.9 Å². The number of hydrogen-bond acceptors (Lipinski definition) is 7. The highest BCUT2D eigenvalue weighted by molar-refractivity contribution is 5.68. The molecular weight excluding hydrogens is 388 g/mol. The summed E-state index contributed by atoms with van der Waals surface area (Å²) in [6, 6.07) is 15.5. The maximum atomic E-state index is 11.2. The summed E-state index contributed by atoms with van der Waals surface area (Å²) in [5.41, 5.74) is 2.87. The first-order valence-corrected chi connectivity index (χ1v) is 9.32. The third-order valence-corrected chi connectivity index (χ3v) is 4.92. The second kappa shape index (κ2) is 8.26. The molecule has 0 radical (unpaired) electrons. The first-order chi connectivity index (χ1) is 14.5. The molecule has 0 saturated heterocycles. The first kappa shape index (κ1) is 19.5. The van der Waals surface area contributed by atoms with Gasteiger partial charge in [-0.25, -0.2) is 4.98 Å². The molecule has 0 unspecified atom stereocenters. The molecule has 1 aliphatic heterocycles. The number of fused-ring (bicyclic) bond motifs is 1. The van der Waals surface area contributed by atoms with Crippen LogP contribution in [0.2, 0.25) is 0 Å². The lowest BCUT2D eigenvalue weighted by Crippen LogP contribution is -2.25. The fourth-order valence-corrected chi connectivity index (χ4v) is 3.56. The van der Waals surface area contributed by atoms with E-state index in [1.54, 1.807) is 6.20 Å². The third kappa shape index (κ3) is 4.11. The van der Waals surface area contributed by atoms with Crippen LogP contribution in [0.15, 0.2) is 60.8 Å². The molecule has 0 aliphatic carbocycles. The lowest BCUT2D eigenvalue weighted by atomic mass is 10.0. The maximum Gasteiger partial charge on any atom is 0.276 e. The molecule has 152 valence electrons. The van der Waals surface area contributed by atoms with Crippen molar-refractivity contribution in [1.82, 2.24) is 9.88 Å². The van der Waals surface area contributed by atoms with Crippen LogP contribution in [0, 0.1) is 20.2 Å². The number of nitro groups is 2. The minimum atomic E-state index is -0.616. The molecule has 4 rings (SSSR count). The van der Waals surface area contributed by atoms with Gasteiger partial charge in [-0.1, -0.05) is 30.3 Å². The molecule has 1 aromatic heterocycles. The molecule has 0 amide bonds. The van der Waals surface area contributed by atoms with Crippen LogP contribution in [0.5, 0.6) is 5.88 Å². The van der Waals surface area contributed by atoms with Crippen molar-refractivity contribution in [2.75, 3.05) is 13.2 Å². The van der Waals surface area contributed by atoms with Crippen molar-refractivity contribution in [1.29, 1.82) is 0 Å². The summed E-state index contributed by atoms with van der Waals surface area (Å²) in [5.74, 6) is 0.559. The van der Waals surface area contributed by atoms with Gasteiger partial charge in [0.1, 0.15) is 6.61 Å². The van der Waals surface area contributed by atoms with Gasteiger partial charge < -0.3 is 4.74 Å². The van der Waals surface area contributed by atoms with Gasteiger partial charge in [-0.2, -0.15) is 0 Å². The zero-order valence-electron chi connectivity index (χ0n) is 15.9. The molecule has 9 heteroatoms.